The lowest BCUT2D eigenvalue weighted by Crippen LogP contribution is -2.13. The third-order valence-corrected chi connectivity index (χ3v) is 3.28. The largest absolute Gasteiger partial charge is 0.397 e. The van der Waals surface area contributed by atoms with Gasteiger partial charge in [0.1, 0.15) is 4.88 Å². The lowest BCUT2D eigenvalue weighted by molar-refractivity contribution is 0.103. The Morgan fingerprint density at radius 3 is 2.88 bits per heavy atom. The third-order valence-electron chi connectivity index (χ3n) is 2.14. The number of para-hydroxylation sites is 1. The van der Waals surface area contributed by atoms with Gasteiger partial charge in [0.25, 0.3) is 5.91 Å². The third kappa shape index (κ3) is 2.37. The number of rotatable bonds is 2. The van der Waals surface area contributed by atoms with Crippen molar-refractivity contribution in [2.75, 3.05) is 11.1 Å². The van der Waals surface area contributed by atoms with E-state index < -0.39 is 0 Å². The second-order valence-corrected chi connectivity index (χ2v) is 4.51. The topological polar surface area (TPSA) is 80.9 Å². The maximum absolute atomic E-state index is 11.9. The molecular formula is C10H9ClN4OS. The van der Waals surface area contributed by atoms with Gasteiger partial charge in [0, 0.05) is 0 Å². The van der Waals surface area contributed by atoms with Crippen LogP contribution < -0.4 is 11.1 Å². The van der Waals surface area contributed by atoms with E-state index in [9.17, 15) is 4.79 Å². The van der Waals surface area contributed by atoms with Crippen LogP contribution in [0.1, 0.15) is 15.4 Å². The molecule has 17 heavy (non-hydrogen) atoms. The Bertz CT molecular complexity index is 549. The lowest BCUT2D eigenvalue weighted by atomic mass is 10.2. The molecule has 0 saturated heterocycles. The normalized spacial score (nSPS) is 10.2. The summed E-state index contributed by atoms with van der Waals surface area (Å²) in [5.74, 6) is -0.308. The van der Waals surface area contributed by atoms with Crippen molar-refractivity contribution in [1.82, 2.24) is 9.59 Å². The molecule has 1 amide bonds. The van der Waals surface area contributed by atoms with Crippen molar-refractivity contribution in [3.63, 3.8) is 0 Å². The minimum atomic E-state index is -0.308. The Kier molecular flexibility index (Phi) is 3.26. The molecule has 0 aliphatic heterocycles. The van der Waals surface area contributed by atoms with Crippen molar-refractivity contribution in [2.45, 2.75) is 6.92 Å². The van der Waals surface area contributed by atoms with Crippen LogP contribution in [-0.2, 0) is 0 Å². The molecule has 88 valence electrons. The van der Waals surface area contributed by atoms with E-state index in [4.69, 9.17) is 17.3 Å². The minimum Gasteiger partial charge on any atom is -0.397 e. The average Bonchev–Trinajstić information content (AvgIpc) is 2.70. The Hall–Kier alpha value is -1.66. The summed E-state index contributed by atoms with van der Waals surface area (Å²) < 4.78 is 3.70. The molecule has 0 saturated carbocycles. The number of nitrogens with zero attached hydrogens (tertiary/aromatic N) is 2. The molecule has 5 nitrogen and oxygen atoms in total. The molecule has 0 spiro atoms. The van der Waals surface area contributed by atoms with E-state index in [-0.39, 0.29) is 5.91 Å². The molecule has 0 unspecified atom stereocenters. The molecule has 0 aliphatic rings. The number of nitrogens with one attached hydrogen (secondary N) is 1. The highest BCUT2D eigenvalue weighted by Gasteiger charge is 2.15. The van der Waals surface area contributed by atoms with Crippen molar-refractivity contribution in [3.8, 4) is 0 Å². The van der Waals surface area contributed by atoms with Crippen LogP contribution in [0.2, 0.25) is 5.02 Å². The zero-order valence-corrected chi connectivity index (χ0v) is 10.5. The number of carbonyl (C=O) groups is 1. The summed E-state index contributed by atoms with van der Waals surface area (Å²) in [7, 11) is 0. The molecule has 1 aromatic carbocycles. The van der Waals surface area contributed by atoms with Gasteiger partial charge in [-0.15, -0.1) is 5.10 Å². The number of hydrogen-bond acceptors (Lipinski definition) is 5. The number of halogens is 1. The highest BCUT2D eigenvalue weighted by Crippen LogP contribution is 2.28. The lowest BCUT2D eigenvalue weighted by Gasteiger charge is -2.08. The number of aromatic nitrogens is 2. The first-order valence-corrected chi connectivity index (χ1v) is 5.89. The standard InChI is InChI=1S/C10H9ClN4OS/c1-5-9(17-15-14-5)10(16)13-8-6(11)3-2-4-7(8)12/h2-4H,12H2,1H3,(H,13,16). The zero-order chi connectivity index (χ0) is 12.4. The fourth-order valence-electron chi connectivity index (χ4n) is 1.28. The van der Waals surface area contributed by atoms with Gasteiger partial charge < -0.3 is 11.1 Å². The van der Waals surface area contributed by atoms with Gasteiger partial charge in [-0.3, -0.25) is 4.79 Å². The van der Waals surface area contributed by atoms with E-state index in [1.165, 1.54) is 0 Å². The number of benzene rings is 1. The Morgan fingerprint density at radius 1 is 1.53 bits per heavy atom. The van der Waals surface area contributed by atoms with Crippen LogP contribution in [0.25, 0.3) is 0 Å². The van der Waals surface area contributed by atoms with Crippen LogP contribution >= 0.6 is 23.1 Å². The molecule has 0 atom stereocenters. The highest BCUT2D eigenvalue weighted by molar-refractivity contribution is 7.08. The summed E-state index contributed by atoms with van der Waals surface area (Å²) in [5, 5.41) is 6.82. The molecule has 0 bridgehead atoms. The number of aryl methyl sites for hydroxylation is 1. The maximum Gasteiger partial charge on any atom is 0.269 e. The monoisotopic (exact) mass is 268 g/mol. The predicted molar refractivity (Wildman–Crippen MR) is 68.5 cm³/mol. The van der Waals surface area contributed by atoms with Crippen LogP contribution in [0.4, 0.5) is 11.4 Å². The van der Waals surface area contributed by atoms with Crippen molar-refractivity contribution < 1.29 is 4.79 Å². The van der Waals surface area contributed by atoms with Gasteiger partial charge >= 0.3 is 0 Å². The van der Waals surface area contributed by atoms with Crippen LogP contribution in [-0.4, -0.2) is 15.5 Å². The van der Waals surface area contributed by atoms with E-state index in [0.717, 1.165) is 11.5 Å². The molecule has 2 rings (SSSR count). The molecule has 0 radical (unpaired) electrons. The average molecular weight is 269 g/mol. The first kappa shape index (κ1) is 11.8. The first-order chi connectivity index (χ1) is 8.09. The van der Waals surface area contributed by atoms with Gasteiger partial charge in [0.15, 0.2) is 0 Å². The van der Waals surface area contributed by atoms with E-state index >= 15 is 0 Å². The van der Waals surface area contributed by atoms with Gasteiger partial charge in [-0.25, -0.2) is 0 Å². The number of nitrogens with two attached hydrogens (primary N) is 1. The molecule has 1 heterocycles. The van der Waals surface area contributed by atoms with Gasteiger partial charge in [-0.1, -0.05) is 22.2 Å². The molecule has 1 aromatic heterocycles. The summed E-state index contributed by atoms with van der Waals surface area (Å²) >= 11 is 6.98. The van der Waals surface area contributed by atoms with E-state index in [0.29, 0.717) is 27.0 Å². The molecular weight excluding hydrogens is 260 g/mol. The summed E-state index contributed by atoms with van der Waals surface area (Å²) in [6.45, 7) is 1.72. The Morgan fingerprint density at radius 2 is 2.29 bits per heavy atom. The maximum atomic E-state index is 11.9. The van der Waals surface area contributed by atoms with Crippen molar-refractivity contribution in [1.29, 1.82) is 0 Å². The van der Waals surface area contributed by atoms with Gasteiger partial charge in [0.05, 0.1) is 22.1 Å². The van der Waals surface area contributed by atoms with Gasteiger partial charge in [0.2, 0.25) is 0 Å². The van der Waals surface area contributed by atoms with Gasteiger partial charge in [-0.05, 0) is 30.6 Å². The molecule has 3 N–H and O–H groups in total. The Labute approximate surface area is 107 Å². The van der Waals surface area contributed by atoms with Gasteiger partial charge in [-0.2, -0.15) is 0 Å². The van der Waals surface area contributed by atoms with Crippen LogP contribution in [0.3, 0.4) is 0 Å². The molecule has 2 aromatic rings. The summed E-state index contributed by atoms with van der Waals surface area (Å²) in [6.07, 6.45) is 0. The second-order valence-electron chi connectivity index (χ2n) is 3.35. The van der Waals surface area contributed by atoms with Crippen LogP contribution in [0.5, 0.6) is 0 Å². The zero-order valence-electron chi connectivity index (χ0n) is 8.90. The van der Waals surface area contributed by atoms with Crippen molar-refractivity contribution in [3.05, 3.63) is 33.8 Å². The summed E-state index contributed by atoms with van der Waals surface area (Å²) in [5.41, 5.74) is 7.14. The SMILES string of the molecule is Cc1nnsc1C(=O)Nc1c(N)cccc1Cl. The summed E-state index contributed by atoms with van der Waals surface area (Å²) in [4.78, 5) is 12.4. The number of amides is 1. The van der Waals surface area contributed by atoms with E-state index in [1.807, 2.05) is 0 Å². The summed E-state index contributed by atoms with van der Waals surface area (Å²) in [6, 6.07) is 5.04. The molecule has 0 fully saturated rings. The number of hydrogen-bond donors (Lipinski definition) is 2. The van der Waals surface area contributed by atoms with E-state index in [2.05, 4.69) is 14.9 Å². The number of nitrogen functional groups attached to an aromatic ring is 1. The van der Waals surface area contributed by atoms with Crippen molar-refractivity contribution >= 4 is 40.4 Å². The fraction of sp³-hybridized carbons (Fsp3) is 0.100. The number of anilines is 2. The quantitative estimate of drug-likeness (QED) is 0.819. The smallest absolute Gasteiger partial charge is 0.269 e. The van der Waals surface area contributed by atoms with Crippen LogP contribution in [0.15, 0.2) is 18.2 Å². The van der Waals surface area contributed by atoms with E-state index in [1.54, 1.807) is 25.1 Å². The molecule has 0 aliphatic carbocycles. The fourth-order valence-corrected chi connectivity index (χ4v) is 2.06. The first-order valence-electron chi connectivity index (χ1n) is 4.74. The highest BCUT2D eigenvalue weighted by atomic mass is 35.5. The minimum absolute atomic E-state index is 0.308. The Balaban J connectivity index is 2.28. The van der Waals surface area contributed by atoms with Crippen LogP contribution in [0, 0.1) is 6.92 Å². The predicted octanol–water partition coefficient (Wildman–Crippen LogP) is 2.33. The number of carbonyl (C=O) groups excluding carboxylic acids is 1. The molecule has 7 heteroatoms. The van der Waals surface area contributed by atoms with Crippen molar-refractivity contribution in [2.24, 2.45) is 0 Å². The second kappa shape index (κ2) is 4.68.